The summed E-state index contributed by atoms with van der Waals surface area (Å²) in [6, 6.07) is 17.1. The maximum Gasteiger partial charge on any atom is 0.264 e. The zero-order valence-electron chi connectivity index (χ0n) is 25.3. The van der Waals surface area contributed by atoms with Crippen LogP contribution < -0.4 is 14.4 Å². The molecule has 1 aliphatic rings. The van der Waals surface area contributed by atoms with E-state index in [1.54, 1.807) is 61.5 Å². The molecule has 0 aromatic heterocycles. The van der Waals surface area contributed by atoms with E-state index in [0.717, 1.165) is 42.0 Å². The first-order valence-electron chi connectivity index (χ1n) is 14.9. The Morgan fingerprint density at radius 3 is 2.23 bits per heavy atom. The molecule has 0 saturated heterocycles. The standard InChI is InChI=1S/C33H39Cl2N3O5S/c1-4-43-28-15-17-29(18-16-28)44(41,42)38(27-13-10-23(2)11-14-27)22-32(39)37(21-25-12-19-30(34)31(35)20-25)24(3)33(40)36-26-8-6-5-7-9-26/h10-20,24,26H,4-9,21-22H2,1-3H3,(H,36,40)/t24-/m1/s1. The van der Waals surface area contributed by atoms with E-state index in [2.05, 4.69) is 5.32 Å². The van der Waals surface area contributed by atoms with Crippen molar-refractivity contribution in [3.63, 3.8) is 0 Å². The maximum atomic E-state index is 14.2. The molecule has 11 heteroatoms. The third kappa shape index (κ3) is 8.46. The molecule has 3 aromatic carbocycles. The van der Waals surface area contributed by atoms with Crippen molar-refractivity contribution in [1.29, 1.82) is 0 Å². The number of carbonyl (C=O) groups excluding carboxylic acids is 2. The predicted molar refractivity (Wildman–Crippen MR) is 175 cm³/mol. The van der Waals surface area contributed by atoms with Crippen LogP contribution in [0.2, 0.25) is 10.0 Å². The van der Waals surface area contributed by atoms with Crippen molar-refractivity contribution >= 4 is 50.7 Å². The molecule has 0 spiro atoms. The quantitative estimate of drug-likeness (QED) is 0.232. The third-order valence-electron chi connectivity index (χ3n) is 7.78. The first kappa shape index (κ1) is 33.6. The Bertz CT molecular complexity index is 1540. The lowest BCUT2D eigenvalue weighted by Crippen LogP contribution is -2.53. The van der Waals surface area contributed by atoms with Crippen LogP contribution in [-0.4, -0.2) is 50.4 Å². The third-order valence-corrected chi connectivity index (χ3v) is 10.3. The van der Waals surface area contributed by atoms with Crippen molar-refractivity contribution in [3.8, 4) is 5.75 Å². The molecule has 3 aromatic rings. The first-order valence-corrected chi connectivity index (χ1v) is 17.0. The fourth-order valence-corrected chi connectivity index (χ4v) is 6.96. The second-order valence-electron chi connectivity index (χ2n) is 11.0. The van der Waals surface area contributed by atoms with E-state index in [1.165, 1.54) is 17.0 Å². The fourth-order valence-electron chi connectivity index (χ4n) is 5.23. The van der Waals surface area contributed by atoms with Gasteiger partial charge in [-0.3, -0.25) is 13.9 Å². The highest BCUT2D eigenvalue weighted by Crippen LogP contribution is 2.28. The van der Waals surface area contributed by atoms with E-state index in [9.17, 15) is 18.0 Å². The van der Waals surface area contributed by atoms with Crippen LogP contribution >= 0.6 is 23.2 Å². The molecular formula is C33H39Cl2N3O5S. The van der Waals surface area contributed by atoms with Gasteiger partial charge in [0, 0.05) is 12.6 Å². The van der Waals surface area contributed by atoms with Gasteiger partial charge < -0.3 is 15.0 Å². The molecule has 0 bridgehead atoms. The highest BCUT2D eigenvalue weighted by atomic mass is 35.5. The zero-order valence-corrected chi connectivity index (χ0v) is 27.6. The molecular weight excluding hydrogens is 621 g/mol. The number of anilines is 1. The minimum absolute atomic E-state index is 0.00783. The van der Waals surface area contributed by atoms with Crippen molar-refractivity contribution in [3.05, 3.63) is 87.9 Å². The highest BCUT2D eigenvalue weighted by Gasteiger charge is 2.33. The number of rotatable bonds is 12. The lowest BCUT2D eigenvalue weighted by molar-refractivity contribution is -0.139. The van der Waals surface area contributed by atoms with Gasteiger partial charge in [-0.2, -0.15) is 0 Å². The normalized spacial score (nSPS) is 14.5. The number of hydrogen-bond acceptors (Lipinski definition) is 5. The van der Waals surface area contributed by atoms with Crippen LogP contribution in [0.1, 0.15) is 57.1 Å². The Kier molecular flexibility index (Phi) is 11.6. The van der Waals surface area contributed by atoms with Crippen molar-refractivity contribution in [1.82, 2.24) is 10.2 Å². The number of carbonyl (C=O) groups is 2. The highest BCUT2D eigenvalue weighted by molar-refractivity contribution is 7.92. The molecule has 4 rings (SSSR count). The second kappa shape index (κ2) is 15.1. The molecule has 44 heavy (non-hydrogen) atoms. The molecule has 1 atom stereocenters. The van der Waals surface area contributed by atoms with E-state index < -0.39 is 28.5 Å². The lowest BCUT2D eigenvalue weighted by Gasteiger charge is -2.33. The molecule has 1 N–H and O–H groups in total. The summed E-state index contributed by atoms with van der Waals surface area (Å²) in [7, 11) is -4.19. The molecule has 236 valence electrons. The molecule has 0 unspecified atom stereocenters. The summed E-state index contributed by atoms with van der Waals surface area (Å²) in [5.74, 6) is -0.297. The minimum Gasteiger partial charge on any atom is -0.494 e. The van der Waals surface area contributed by atoms with Crippen molar-refractivity contribution in [2.45, 2.75) is 76.4 Å². The zero-order chi connectivity index (χ0) is 31.9. The number of amides is 2. The number of ether oxygens (including phenoxy) is 1. The van der Waals surface area contributed by atoms with Crippen LogP contribution in [0.25, 0.3) is 0 Å². The average Bonchev–Trinajstić information content (AvgIpc) is 3.01. The van der Waals surface area contributed by atoms with Gasteiger partial charge in [0.15, 0.2) is 0 Å². The number of nitrogens with one attached hydrogen (secondary N) is 1. The monoisotopic (exact) mass is 659 g/mol. The van der Waals surface area contributed by atoms with Gasteiger partial charge in [-0.15, -0.1) is 0 Å². The topological polar surface area (TPSA) is 96.0 Å². The number of halogens is 2. The fraction of sp³-hybridized carbons (Fsp3) is 0.394. The Hall–Kier alpha value is -3.27. The van der Waals surface area contributed by atoms with Gasteiger partial charge in [0.25, 0.3) is 10.0 Å². The van der Waals surface area contributed by atoms with Gasteiger partial charge in [-0.25, -0.2) is 8.42 Å². The lowest BCUT2D eigenvalue weighted by atomic mass is 9.95. The molecule has 0 heterocycles. The largest absolute Gasteiger partial charge is 0.494 e. The average molecular weight is 661 g/mol. The number of aryl methyl sites for hydroxylation is 1. The van der Waals surface area contributed by atoms with Crippen LogP contribution in [-0.2, 0) is 26.2 Å². The van der Waals surface area contributed by atoms with Crippen LogP contribution in [0, 0.1) is 6.92 Å². The molecule has 8 nitrogen and oxygen atoms in total. The Morgan fingerprint density at radius 2 is 1.61 bits per heavy atom. The van der Waals surface area contributed by atoms with E-state index in [4.69, 9.17) is 27.9 Å². The summed E-state index contributed by atoms with van der Waals surface area (Å²) in [6.45, 7) is 5.34. The molecule has 1 saturated carbocycles. The van der Waals surface area contributed by atoms with Gasteiger partial charge in [0.05, 0.1) is 27.2 Å². The number of benzene rings is 3. The summed E-state index contributed by atoms with van der Waals surface area (Å²) in [5, 5.41) is 3.78. The predicted octanol–water partition coefficient (Wildman–Crippen LogP) is 6.76. The van der Waals surface area contributed by atoms with E-state index in [-0.39, 0.29) is 23.4 Å². The SMILES string of the molecule is CCOc1ccc(S(=O)(=O)N(CC(=O)N(Cc2ccc(Cl)c(Cl)c2)[C@H](C)C(=O)NC2CCCCC2)c2ccc(C)cc2)cc1. The number of sulfonamides is 1. The summed E-state index contributed by atoms with van der Waals surface area (Å²) in [5.41, 5.74) is 1.92. The molecule has 2 amide bonds. The van der Waals surface area contributed by atoms with E-state index in [0.29, 0.717) is 33.7 Å². The van der Waals surface area contributed by atoms with E-state index >= 15 is 0 Å². The van der Waals surface area contributed by atoms with Crippen molar-refractivity contribution < 1.29 is 22.7 Å². The summed E-state index contributed by atoms with van der Waals surface area (Å²) in [6.07, 6.45) is 5.00. The Labute approximate surface area is 270 Å². The van der Waals surface area contributed by atoms with Gasteiger partial charge in [-0.05, 0) is 87.7 Å². The van der Waals surface area contributed by atoms with Crippen molar-refractivity contribution in [2.24, 2.45) is 0 Å². The van der Waals surface area contributed by atoms with Gasteiger partial charge >= 0.3 is 0 Å². The maximum absolute atomic E-state index is 14.2. The summed E-state index contributed by atoms with van der Waals surface area (Å²) < 4.78 is 34.7. The van der Waals surface area contributed by atoms with Crippen LogP contribution in [0.15, 0.2) is 71.6 Å². The van der Waals surface area contributed by atoms with E-state index in [1.807, 2.05) is 13.8 Å². The minimum atomic E-state index is -4.19. The van der Waals surface area contributed by atoms with Gasteiger partial charge in [0.2, 0.25) is 11.8 Å². The first-order chi connectivity index (χ1) is 21.0. The smallest absolute Gasteiger partial charge is 0.264 e. The van der Waals surface area contributed by atoms with Crippen molar-refractivity contribution in [2.75, 3.05) is 17.5 Å². The molecule has 0 aliphatic heterocycles. The molecule has 1 aliphatic carbocycles. The van der Waals surface area contributed by atoms with Crippen LogP contribution in [0.5, 0.6) is 5.75 Å². The number of hydrogen-bond donors (Lipinski definition) is 1. The van der Waals surface area contributed by atoms with Gasteiger partial charge in [-0.1, -0.05) is 66.2 Å². The summed E-state index contributed by atoms with van der Waals surface area (Å²) >= 11 is 12.4. The van der Waals surface area contributed by atoms with Crippen LogP contribution in [0.3, 0.4) is 0 Å². The molecule has 0 radical (unpaired) electrons. The van der Waals surface area contributed by atoms with Crippen LogP contribution in [0.4, 0.5) is 5.69 Å². The number of nitrogens with zero attached hydrogens (tertiary/aromatic N) is 2. The Balaban J connectivity index is 1.68. The van der Waals surface area contributed by atoms with Gasteiger partial charge in [0.1, 0.15) is 18.3 Å². The summed E-state index contributed by atoms with van der Waals surface area (Å²) in [4.78, 5) is 29.0. The second-order valence-corrected chi connectivity index (χ2v) is 13.7. The Morgan fingerprint density at radius 1 is 0.955 bits per heavy atom. The molecule has 1 fully saturated rings.